The first-order chi connectivity index (χ1) is 9.24. The van der Waals surface area contributed by atoms with E-state index in [0.29, 0.717) is 12.5 Å². The highest BCUT2D eigenvalue weighted by Gasteiger charge is 2.15. The van der Waals surface area contributed by atoms with Crippen LogP contribution in [0.15, 0.2) is 33.5 Å². The van der Waals surface area contributed by atoms with E-state index in [2.05, 4.69) is 36.5 Å². The van der Waals surface area contributed by atoms with Crippen LogP contribution >= 0.6 is 15.9 Å². The molecule has 2 aromatic rings. The molecule has 3 N–H and O–H groups in total. The Kier molecular flexibility index (Phi) is 3.35. The van der Waals surface area contributed by atoms with Crippen LogP contribution in [-0.4, -0.2) is 16.5 Å². The Labute approximate surface area is 118 Å². The topological polar surface area (TPSA) is 69.8 Å². The molecule has 0 spiro atoms. The Bertz CT molecular complexity index is 668. The molecule has 0 radical (unpaired) electrons. The first kappa shape index (κ1) is 12.4. The number of aromatic nitrogens is 2. The van der Waals surface area contributed by atoms with Crippen molar-refractivity contribution in [2.45, 2.75) is 13.0 Å². The number of hydrogen-bond donors (Lipinski definition) is 3. The zero-order chi connectivity index (χ0) is 13.2. The van der Waals surface area contributed by atoms with Gasteiger partial charge in [-0.1, -0.05) is 12.1 Å². The lowest BCUT2D eigenvalue weighted by Gasteiger charge is -2.16. The average Bonchev–Trinajstić information content (AvgIpc) is 2.42. The number of halogens is 1. The van der Waals surface area contributed by atoms with E-state index < -0.39 is 0 Å². The van der Waals surface area contributed by atoms with Gasteiger partial charge in [0.25, 0.3) is 5.56 Å². The molecule has 1 aromatic carbocycles. The van der Waals surface area contributed by atoms with Gasteiger partial charge in [-0.2, -0.15) is 0 Å². The molecular weight excluding hydrogens is 308 g/mol. The normalized spacial score (nSPS) is 13.9. The fraction of sp³-hybridized carbons (Fsp3) is 0.231. The highest BCUT2D eigenvalue weighted by molar-refractivity contribution is 9.10. The molecule has 1 aliphatic rings. The lowest BCUT2D eigenvalue weighted by Crippen LogP contribution is -2.31. The van der Waals surface area contributed by atoms with Crippen molar-refractivity contribution in [2.24, 2.45) is 0 Å². The number of hydrogen-bond acceptors (Lipinski definition) is 4. The molecule has 19 heavy (non-hydrogen) atoms. The number of H-pyrrole nitrogens is 1. The van der Waals surface area contributed by atoms with Crippen molar-refractivity contribution in [1.29, 1.82) is 0 Å². The van der Waals surface area contributed by atoms with Gasteiger partial charge in [-0.05, 0) is 28.1 Å². The molecule has 0 saturated carbocycles. The Morgan fingerprint density at radius 2 is 2.16 bits per heavy atom. The maximum atomic E-state index is 12.0. The van der Waals surface area contributed by atoms with E-state index >= 15 is 0 Å². The van der Waals surface area contributed by atoms with Crippen LogP contribution in [0.1, 0.15) is 11.3 Å². The number of nitrogens with zero attached hydrogens (tertiary/aromatic N) is 1. The fourth-order valence-electron chi connectivity index (χ4n) is 2.10. The molecule has 3 rings (SSSR count). The van der Waals surface area contributed by atoms with Gasteiger partial charge in [-0.25, -0.2) is 4.98 Å². The number of benzene rings is 1. The third-order valence-electron chi connectivity index (χ3n) is 3.07. The molecule has 2 heterocycles. The summed E-state index contributed by atoms with van der Waals surface area (Å²) in [6, 6.07) is 7.71. The molecule has 0 bridgehead atoms. The van der Waals surface area contributed by atoms with E-state index in [0.717, 1.165) is 34.4 Å². The van der Waals surface area contributed by atoms with Crippen molar-refractivity contribution >= 4 is 27.6 Å². The fourth-order valence-corrected chi connectivity index (χ4v) is 2.49. The number of anilines is 2. The first-order valence-corrected chi connectivity index (χ1v) is 6.87. The van der Waals surface area contributed by atoms with Crippen LogP contribution in [0.3, 0.4) is 0 Å². The summed E-state index contributed by atoms with van der Waals surface area (Å²) < 4.78 is 0.928. The highest BCUT2D eigenvalue weighted by Crippen LogP contribution is 2.23. The third-order valence-corrected chi connectivity index (χ3v) is 3.76. The summed E-state index contributed by atoms with van der Waals surface area (Å²) in [4.78, 5) is 19.2. The number of aromatic amines is 1. The predicted octanol–water partition coefficient (Wildman–Crippen LogP) is 1.92. The van der Waals surface area contributed by atoms with Crippen molar-refractivity contribution in [2.75, 3.05) is 11.9 Å². The molecule has 1 aromatic heterocycles. The SMILES string of the molecule is O=c1[nH]c(Nc2ccccc2Br)nc2c1CNCC2. The molecule has 98 valence electrons. The quantitative estimate of drug-likeness (QED) is 0.790. The maximum absolute atomic E-state index is 12.0. The summed E-state index contributed by atoms with van der Waals surface area (Å²) in [5.41, 5.74) is 2.41. The highest BCUT2D eigenvalue weighted by atomic mass is 79.9. The van der Waals surface area contributed by atoms with Gasteiger partial charge >= 0.3 is 0 Å². The molecule has 5 nitrogen and oxygen atoms in total. The third kappa shape index (κ3) is 2.54. The van der Waals surface area contributed by atoms with Crippen LogP contribution in [0.25, 0.3) is 0 Å². The van der Waals surface area contributed by atoms with E-state index in [1.54, 1.807) is 0 Å². The van der Waals surface area contributed by atoms with Gasteiger partial charge in [0.15, 0.2) is 0 Å². The van der Waals surface area contributed by atoms with Gasteiger partial charge in [0.05, 0.1) is 16.9 Å². The maximum Gasteiger partial charge on any atom is 0.257 e. The van der Waals surface area contributed by atoms with Crippen molar-refractivity contribution < 1.29 is 0 Å². The molecule has 1 aliphatic heterocycles. The van der Waals surface area contributed by atoms with Crippen molar-refractivity contribution in [3.63, 3.8) is 0 Å². The van der Waals surface area contributed by atoms with E-state index in [1.807, 2.05) is 24.3 Å². The van der Waals surface area contributed by atoms with E-state index in [1.165, 1.54) is 0 Å². The number of fused-ring (bicyclic) bond motifs is 1. The lowest BCUT2D eigenvalue weighted by atomic mass is 10.1. The van der Waals surface area contributed by atoms with E-state index in [9.17, 15) is 4.79 Å². The molecule has 6 heteroatoms. The second-order valence-electron chi connectivity index (χ2n) is 4.37. The Morgan fingerprint density at radius 1 is 1.32 bits per heavy atom. The van der Waals surface area contributed by atoms with Gasteiger partial charge in [0.2, 0.25) is 5.95 Å². The van der Waals surface area contributed by atoms with Crippen LogP contribution in [-0.2, 0) is 13.0 Å². The Morgan fingerprint density at radius 3 is 3.00 bits per heavy atom. The van der Waals surface area contributed by atoms with Crippen molar-refractivity contribution in [1.82, 2.24) is 15.3 Å². The number of nitrogens with one attached hydrogen (secondary N) is 3. The summed E-state index contributed by atoms with van der Waals surface area (Å²) >= 11 is 3.45. The molecule has 0 aliphatic carbocycles. The minimum Gasteiger partial charge on any atom is -0.325 e. The minimum absolute atomic E-state index is 0.0771. The van der Waals surface area contributed by atoms with Crippen LogP contribution < -0.4 is 16.2 Å². The van der Waals surface area contributed by atoms with Gasteiger partial charge in [-0.15, -0.1) is 0 Å². The molecule has 0 saturated heterocycles. The summed E-state index contributed by atoms with van der Waals surface area (Å²) in [6.45, 7) is 1.45. The average molecular weight is 321 g/mol. The van der Waals surface area contributed by atoms with Crippen LogP contribution in [0.4, 0.5) is 11.6 Å². The zero-order valence-corrected chi connectivity index (χ0v) is 11.8. The van der Waals surface area contributed by atoms with Gasteiger partial charge < -0.3 is 10.6 Å². The summed E-state index contributed by atoms with van der Waals surface area (Å²) in [5.74, 6) is 0.484. The largest absolute Gasteiger partial charge is 0.325 e. The van der Waals surface area contributed by atoms with Crippen molar-refractivity contribution in [3.05, 3.63) is 50.3 Å². The van der Waals surface area contributed by atoms with E-state index in [4.69, 9.17) is 0 Å². The summed E-state index contributed by atoms with van der Waals surface area (Å²) in [6.07, 6.45) is 0.782. The summed E-state index contributed by atoms with van der Waals surface area (Å²) in [5, 5.41) is 6.30. The Hall–Kier alpha value is -1.66. The van der Waals surface area contributed by atoms with Gasteiger partial charge in [0, 0.05) is 24.0 Å². The Balaban J connectivity index is 1.96. The minimum atomic E-state index is -0.0771. The smallest absolute Gasteiger partial charge is 0.257 e. The number of para-hydroxylation sites is 1. The van der Waals surface area contributed by atoms with Gasteiger partial charge in [-0.3, -0.25) is 9.78 Å². The monoisotopic (exact) mass is 320 g/mol. The molecule has 0 amide bonds. The zero-order valence-electron chi connectivity index (χ0n) is 10.2. The molecular formula is C13H13BrN4O. The van der Waals surface area contributed by atoms with Crippen molar-refractivity contribution in [3.8, 4) is 0 Å². The van der Waals surface area contributed by atoms with Crippen LogP contribution in [0.5, 0.6) is 0 Å². The molecule has 0 fully saturated rings. The van der Waals surface area contributed by atoms with E-state index in [-0.39, 0.29) is 5.56 Å². The molecule has 0 unspecified atom stereocenters. The van der Waals surface area contributed by atoms with Gasteiger partial charge in [0.1, 0.15) is 0 Å². The number of rotatable bonds is 2. The second-order valence-corrected chi connectivity index (χ2v) is 5.23. The predicted molar refractivity (Wildman–Crippen MR) is 77.7 cm³/mol. The lowest BCUT2D eigenvalue weighted by molar-refractivity contribution is 0.621. The molecule has 0 atom stereocenters. The summed E-state index contributed by atoms with van der Waals surface area (Å²) in [7, 11) is 0. The van der Waals surface area contributed by atoms with Crippen LogP contribution in [0, 0.1) is 0 Å². The standard InChI is InChI=1S/C13H13BrN4O/c14-9-3-1-2-4-11(9)17-13-16-10-5-6-15-7-8(10)12(19)18-13/h1-4,15H,5-7H2,(H2,16,17,18,19). The first-order valence-electron chi connectivity index (χ1n) is 6.08. The van der Waals surface area contributed by atoms with Crippen LogP contribution in [0.2, 0.25) is 0 Å². The second kappa shape index (κ2) is 5.14.